The van der Waals surface area contributed by atoms with Crippen LogP contribution < -0.4 is 16.0 Å². The molecule has 1 rings (SSSR count). The van der Waals surface area contributed by atoms with Gasteiger partial charge in [-0.15, -0.1) is 11.6 Å². The molecule has 3 amide bonds. The van der Waals surface area contributed by atoms with Gasteiger partial charge in [-0.25, -0.2) is 0 Å². The number of carbonyl (C=O) groups excluding carboxylic acids is 3. The standard InChI is InChI=1S/C21H32ClN3O8/c1-11-17(20(31)23-6-14(28)8-26)12(2)19(25-16(30)10-33-5-4-22)13(3)18(11)21(32)24-7-15(29)9-27/h14-15,26-29H,4-10H2,1-3H3,(H,23,31)(H,24,32)(H,25,30). The number of aliphatic hydroxyl groups is 4. The minimum atomic E-state index is -1.17. The molecule has 0 fully saturated rings. The van der Waals surface area contributed by atoms with E-state index in [0.717, 1.165) is 0 Å². The zero-order valence-corrected chi connectivity index (χ0v) is 19.7. The fraction of sp³-hybridized carbons (Fsp3) is 0.571. The molecule has 12 heteroatoms. The number of nitrogens with one attached hydrogen (secondary N) is 3. The van der Waals surface area contributed by atoms with Crippen molar-refractivity contribution in [2.75, 3.05) is 50.7 Å². The Morgan fingerprint density at radius 3 is 1.73 bits per heavy atom. The van der Waals surface area contributed by atoms with E-state index >= 15 is 0 Å². The van der Waals surface area contributed by atoms with E-state index in [-0.39, 0.29) is 49.0 Å². The summed E-state index contributed by atoms with van der Waals surface area (Å²) >= 11 is 5.54. The molecule has 0 spiro atoms. The second kappa shape index (κ2) is 14.1. The van der Waals surface area contributed by atoms with E-state index in [0.29, 0.717) is 16.7 Å². The number of halogens is 1. The van der Waals surface area contributed by atoms with Gasteiger partial charge in [-0.3, -0.25) is 14.4 Å². The zero-order chi connectivity index (χ0) is 25.1. The molecule has 0 saturated carbocycles. The van der Waals surface area contributed by atoms with Crippen LogP contribution in [0.15, 0.2) is 0 Å². The molecule has 1 aromatic carbocycles. The molecular formula is C21H32ClN3O8. The van der Waals surface area contributed by atoms with Crippen molar-refractivity contribution in [2.24, 2.45) is 0 Å². The van der Waals surface area contributed by atoms with E-state index in [9.17, 15) is 24.6 Å². The Hall–Kier alpha value is -2.28. The van der Waals surface area contributed by atoms with E-state index in [1.807, 2.05) is 0 Å². The van der Waals surface area contributed by atoms with Crippen LogP contribution in [0.4, 0.5) is 5.69 Å². The summed E-state index contributed by atoms with van der Waals surface area (Å²) in [6.45, 7) is 3.11. The van der Waals surface area contributed by atoms with Crippen molar-refractivity contribution < 1.29 is 39.5 Å². The first-order chi connectivity index (χ1) is 15.6. The first kappa shape index (κ1) is 28.8. The highest BCUT2D eigenvalue weighted by atomic mass is 35.5. The molecular weight excluding hydrogens is 458 g/mol. The lowest BCUT2D eigenvalue weighted by Crippen LogP contribution is -2.37. The number of hydrogen-bond donors (Lipinski definition) is 7. The summed E-state index contributed by atoms with van der Waals surface area (Å²) in [4.78, 5) is 38.1. The summed E-state index contributed by atoms with van der Waals surface area (Å²) in [5, 5.41) is 44.7. The van der Waals surface area contributed by atoms with Gasteiger partial charge in [0.15, 0.2) is 0 Å². The van der Waals surface area contributed by atoms with Gasteiger partial charge in [-0.05, 0) is 37.5 Å². The van der Waals surface area contributed by atoms with Crippen molar-refractivity contribution in [1.29, 1.82) is 0 Å². The Morgan fingerprint density at radius 2 is 1.33 bits per heavy atom. The summed E-state index contributed by atoms with van der Waals surface area (Å²) in [6, 6.07) is 0. The highest BCUT2D eigenvalue weighted by Gasteiger charge is 2.26. The van der Waals surface area contributed by atoms with Gasteiger partial charge < -0.3 is 41.1 Å². The molecule has 0 aliphatic rings. The van der Waals surface area contributed by atoms with Gasteiger partial charge in [-0.2, -0.15) is 0 Å². The fourth-order valence-corrected chi connectivity index (χ4v) is 3.32. The Morgan fingerprint density at radius 1 is 0.879 bits per heavy atom. The van der Waals surface area contributed by atoms with Crippen molar-refractivity contribution in [2.45, 2.75) is 33.0 Å². The van der Waals surface area contributed by atoms with Crippen molar-refractivity contribution >= 4 is 35.0 Å². The van der Waals surface area contributed by atoms with Crippen LogP contribution in [0.5, 0.6) is 0 Å². The van der Waals surface area contributed by atoms with Crippen molar-refractivity contribution in [3.8, 4) is 0 Å². The van der Waals surface area contributed by atoms with Crippen LogP contribution in [-0.4, -0.2) is 95.8 Å². The maximum absolute atomic E-state index is 12.9. The quantitative estimate of drug-likeness (QED) is 0.136. The Labute approximate surface area is 197 Å². The Balaban J connectivity index is 3.42. The molecule has 1 aromatic rings. The number of amides is 3. The Bertz CT molecular complexity index is 796. The molecule has 0 aromatic heterocycles. The number of hydrogen-bond acceptors (Lipinski definition) is 8. The van der Waals surface area contributed by atoms with Gasteiger partial charge in [0, 0.05) is 35.8 Å². The number of carbonyl (C=O) groups is 3. The smallest absolute Gasteiger partial charge is 0.252 e. The molecule has 11 nitrogen and oxygen atoms in total. The number of benzene rings is 1. The molecule has 0 aliphatic heterocycles. The topological polar surface area (TPSA) is 177 Å². The number of aliphatic hydroxyl groups excluding tert-OH is 4. The molecule has 0 aliphatic carbocycles. The molecule has 0 radical (unpaired) electrons. The van der Waals surface area contributed by atoms with Crippen molar-refractivity contribution in [3.05, 3.63) is 27.8 Å². The van der Waals surface area contributed by atoms with E-state index in [2.05, 4.69) is 16.0 Å². The summed E-state index contributed by atoms with van der Waals surface area (Å²) < 4.78 is 5.12. The zero-order valence-electron chi connectivity index (χ0n) is 18.9. The minimum Gasteiger partial charge on any atom is -0.394 e. The van der Waals surface area contributed by atoms with Crippen molar-refractivity contribution in [1.82, 2.24) is 10.6 Å². The predicted molar refractivity (Wildman–Crippen MR) is 122 cm³/mol. The monoisotopic (exact) mass is 489 g/mol. The minimum absolute atomic E-state index is 0.107. The summed E-state index contributed by atoms with van der Waals surface area (Å²) in [6.07, 6.45) is -2.33. The van der Waals surface area contributed by atoms with E-state index in [1.165, 1.54) is 0 Å². The van der Waals surface area contributed by atoms with Crippen LogP contribution in [0.3, 0.4) is 0 Å². The average molecular weight is 490 g/mol. The lowest BCUT2D eigenvalue weighted by Gasteiger charge is -2.22. The molecule has 0 bridgehead atoms. The number of anilines is 1. The van der Waals surface area contributed by atoms with Gasteiger partial charge in [0.05, 0.1) is 32.0 Å². The average Bonchev–Trinajstić information content (AvgIpc) is 2.78. The lowest BCUT2D eigenvalue weighted by molar-refractivity contribution is -0.120. The molecule has 33 heavy (non-hydrogen) atoms. The maximum Gasteiger partial charge on any atom is 0.252 e. The second-order valence-electron chi connectivity index (χ2n) is 7.38. The van der Waals surface area contributed by atoms with Gasteiger partial charge in [-0.1, -0.05) is 0 Å². The third-order valence-electron chi connectivity index (χ3n) is 4.84. The molecule has 2 atom stereocenters. The van der Waals surface area contributed by atoms with Crippen LogP contribution in [-0.2, 0) is 9.53 Å². The third-order valence-corrected chi connectivity index (χ3v) is 5.00. The van der Waals surface area contributed by atoms with Crippen molar-refractivity contribution in [3.63, 3.8) is 0 Å². The summed E-state index contributed by atoms with van der Waals surface area (Å²) in [7, 11) is 0. The van der Waals surface area contributed by atoms with E-state index in [1.54, 1.807) is 20.8 Å². The summed E-state index contributed by atoms with van der Waals surface area (Å²) in [5.41, 5.74) is 1.54. The number of ether oxygens (including phenoxy) is 1. The first-order valence-electron chi connectivity index (χ1n) is 10.3. The fourth-order valence-electron chi connectivity index (χ4n) is 3.21. The maximum atomic E-state index is 12.9. The number of rotatable bonds is 13. The second-order valence-corrected chi connectivity index (χ2v) is 7.76. The van der Waals surface area contributed by atoms with E-state index in [4.69, 9.17) is 26.6 Å². The largest absolute Gasteiger partial charge is 0.394 e. The van der Waals surface area contributed by atoms with E-state index < -0.39 is 43.1 Å². The molecule has 7 N–H and O–H groups in total. The van der Waals surface area contributed by atoms with Crippen LogP contribution in [0.1, 0.15) is 37.4 Å². The highest BCUT2D eigenvalue weighted by Crippen LogP contribution is 2.31. The van der Waals surface area contributed by atoms with Gasteiger partial charge >= 0.3 is 0 Å². The third kappa shape index (κ3) is 8.22. The van der Waals surface area contributed by atoms with Crippen LogP contribution in [0.25, 0.3) is 0 Å². The van der Waals surface area contributed by atoms with Crippen LogP contribution in [0, 0.1) is 20.8 Å². The first-order valence-corrected chi connectivity index (χ1v) is 10.8. The molecule has 2 unspecified atom stereocenters. The molecule has 0 saturated heterocycles. The summed E-state index contributed by atoms with van der Waals surface area (Å²) in [5.74, 6) is -1.53. The van der Waals surface area contributed by atoms with Crippen LogP contribution in [0.2, 0.25) is 0 Å². The normalized spacial score (nSPS) is 12.7. The van der Waals surface area contributed by atoms with Gasteiger partial charge in [0.2, 0.25) is 5.91 Å². The molecule has 0 heterocycles. The Kier molecular flexibility index (Phi) is 12.3. The van der Waals surface area contributed by atoms with Gasteiger partial charge in [0.25, 0.3) is 11.8 Å². The SMILES string of the molecule is Cc1c(NC(=O)COCCCl)c(C)c(C(=O)NCC(O)CO)c(C)c1C(=O)NCC(O)CO. The lowest BCUT2D eigenvalue weighted by atomic mass is 9.90. The number of alkyl halides is 1. The van der Waals surface area contributed by atoms with Gasteiger partial charge in [0.1, 0.15) is 6.61 Å². The predicted octanol–water partition coefficient (Wildman–Crippen LogP) is -1.03. The highest BCUT2D eigenvalue weighted by molar-refractivity contribution is 6.18. The molecule has 186 valence electrons. The van der Waals surface area contributed by atoms with Crippen LogP contribution >= 0.6 is 11.6 Å².